The topological polar surface area (TPSA) is 191 Å². The van der Waals surface area contributed by atoms with Crippen LogP contribution in [0.1, 0.15) is 6.92 Å². The number of esters is 2. The van der Waals surface area contributed by atoms with Crippen molar-refractivity contribution in [3.8, 4) is 0 Å². The molecule has 0 aliphatic heterocycles. The van der Waals surface area contributed by atoms with Crippen LogP contribution in [0.15, 0.2) is 0 Å². The average molecular weight is 297 g/mol. The third-order valence-electron chi connectivity index (χ3n) is 2.49. The summed E-state index contributed by atoms with van der Waals surface area (Å²) in [6.45, 7) is 0.245. The van der Waals surface area contributed by atoms with Gasteiger partial charge in [-0.25, -0.2) is 9.59 Å². The Bertz CT molecular complexity index is 335. The molecule has 0 aromatic rings. The number of carbonyl (C=O) groups excluding carboxylic acids is 2. The molecular formula is C10H19NO9. The van der Waals surface area contributed by atoms with Gasteiger partial charge in [0.15, 0.2) is 6.10 Å². The molecule has 10 nitrogen and oxygen atoms in total. The molecule has 0 aromatic carbocycles. The van der Waals surface area contributed by atoms with E-state index < -0.39 is 55.1 Å². The summed E-state index contributed by atoms with van der Waals surface area (Å²) in [7, 11) is 0. The lowest BCUT2D eigenvalue weighted by Gasteiger charge is -2.24. The van der Waals surface area contributed by atoms with Crippen LogP contribution >= 0.6 is 0 Å². The Labute approximate surface area is 114 Å². The maximum atomic E-state index is 11.3. The molecule has 10 heteroatoms. The summed E-state index contributed by atoms with van der Waals surface area (Å²) in [5.41, 5.74) is 5.17. The minimum atomic E-state index is -2.35. The number of hydrogen-bond acceptors (Lipinski definition) is 10. The molecule has 0 aromatic heterocycles. The van der Waals surface area contributed by atoms with Crippen LogP contribution in [0.25, 0.3) is 0 Å². The van der Waals surface area contributed by atoms with Crippen LogP contribution < -0.4 is 5.73 Å². The normalized spacial score (nSPS) is 20.4. The molecule has 20 heavy (non-hydrogen) atoms. The van der Waals surface area contributed by atoms with Gasteiger partial charge in [-0.3, -0.25) is 0 Å². The van der Waals surface area contributed by atoms with Crippen molar-refractivity contribution in [3.05, 3.63) is 0 Å². The highest BCUT2D eigenvalue weighted by Gasteiger charge is 2.37. The summed E-state index contributed by atoms with van der Waals surface area (Å²) in [4.78, 5) is 22.5. The van der Waals surface area contributed by atoms with Crippen molar-refractivity contribution in [2.45, 2.75) is 43.5 Å². The zero-order valence-electron chi connectivity index (χ0n) is 10.7. The van der Waals surface area contributed by atoms with E-state index in [9.17, 15) is 24.9 Å². The van der Waals surface area contributed by atoms with Gasteiger partial charge >= 0.3 is 11.9 Å². The fraction of sp³-hybridized carbons (Fsp3) is 0.800. The van der Waals surface area contributed by atoms with Crippen molar-refractivity contribution in [2.75, 3.05) is 6.61 Å². The molecular weight excluding hydrogens is 278 g/mol. The summed E-state index contributed by atoms with van der Waals surface area (Å²) in [5, 5.41) is 54.5. The van der Waals surface area contributed by atoms with Gasteiger partial charge in [0, 0.05) is 0 Å². The van der Waals surface area contributed by atoms with Gasteiger partial charge < -0.3 is 41.1 Å². The van der Waals surface area contributed by atoms with E-state index >= 15 is 0 Å². The maximum Gasteiger partial charge on any atom is 0.345 e. The average Bonchev–Trinajstić information content (AvgIpc) is 2.42. The lowest BCUT2D eigenvalue weighted by molar-refractivity contribution is -0.178. The van der Waals surface area contributed by atoms with Crippen LogP contribution in [0, 0.1) is 0 Å². The summed E-state index contributed by atoms with van der Waals surface area (Å²) in [6, 6.07) is -1.53. The van der Waals surface area contributed by atoms with Crippen molar-refractivity contribution >= 4 is 11.9 Å². The van der Waals surface area contributed by atoms with Crippen LogP contribution in [0.4, 0.5) is 0 Å². The highest BCUT2D eigenvalue weighted by Crippen LogP contribution is 2.07. The first-order chi connectivity index (χ1) is 9.13. The van der Waals surface area contributed by atoms with E-state index in [1.807, 2.05) is 0 Å². The summed E-state index contributed by atoms with van der Waals surface area (Å²) >= 11 is 0. The van der Waals surface area contributed by atoms with E-state index in [0.29, 0.717) is 0 Å². The zero-order valence-corrected chi connectivity index (χ0v) is 10.7. The predicted octanol–water partition coefficient (Wildman–Crippen LogP) is -4.80. The molecule has 0 heterocycles. The lowest BCUT2D eigenvalue weighted by Crippen LogP contribution is -2.50. The van der Waals surface area contributed by atoms with Crippen LogP contribution in [-0.4, -0.2) is 85.7 Å². The number of aliphatic hydroxyl groups excluding tert-OH is 6. The number of carbonyl (C=O) groups is 2. The third-order valence-corrected chi connectivity index (χ3v) is 2.49. The molecule has 0 saturated heterocycles. The van der Waals surface area contributed by atoms with Crippen molar-refractivity contribution in [2.24, 2.45) is 5.73 Å². The fourth-order valence-corrected chi connectivity index (χ4v) is 1.09. The quantitative estimate of drug-likeness (QED) is 0.177. The molecule has 8 N–H and O–H groups in total. The molecule has 0 spiro atoms. The maximum absolute atomic E-state index is 11.3. The van der Waals surface area contributed by atoms with Crippen molar-refractivity contribution < 1.29 is 45.0 Å². The molecule has 6 atom stereocenters. The van der Waals surface area contributed by atoms with E-state index in [1.165, 1.54) is 6.92 Å². The van der Waals surface area contributed by atoms with E-state index in [-0.39, 0.29) is 0 Å². The first-order valence-corrected chi connectivity index (χ1v) is 5.65. The van der Waals surface area contributed by atoms with E-state index in [0.717, 1.165) is 0 Å². The van der Waals surface area contributed by atoms with E-state index in [1.54, 1.807) is 0 Å². The van der Waals surface area contributed by atoms with Gasteiger partial charge in [0.25, 0.3) is 0 Å². The molecule has 0 radical (unpaired) electrons. The molecule has 0 unspecified atom stereocenters. The number of aliphatic hydroxyl groups is 6. The van der Waals surface area contributed by atoms with E-state index in [2.05, 4.69) is 4.74 Å². The van der Waals surface area contributed by atoms with Gasteiger partial charge in [-0.2, -0.15) is 0 Å². The molecule has 0 fully saturated rings. The Kier molecular flexibility index (Phi) is 7.75. The first kappa shape index (κ1) is 18.9. The predicted molar refractivity (Wildman–Crippen MR) is 61.9 cm³/mol. The van der Waals surface area contributed by atoms with Crippen molar-refractivity contribution in [1.29, 1.82) is 0 Å². The molecule has 0 bridgehead atoms. The monoisotopic (exact) mass is 297 g/mol. The molecule has 118 valence electrons. The first-order valence-electron chi connectivity index (χ1n) is 5.65. The summed E-state index contributed by atoms with van der Waals surface area (Å²) < 4.78 is 4.09. The van der Waals surface area contributed by atoms with Crippen LogP contribution in [0.2, 0.25) is 0 Å². The largest absolute Gasteiger partial charge is 0.394 e. The fourth-order valence-electron chi connectivity index (χ4n) is 1.09. The van der Waals surface area contributed by atoms with Gasteiger partial charge in [-0.15, -0.1) is 0 Å². The van der Waals surface area contributed by atoms with Crippen molar-refractivity contribution in [1.82, 2.24) is 0 Å². The van der Waals surface area contributed by atoms with E-state index in [4.69, 9.17) is 21.1 Å². The Morgan fingerprint density at radius 3 is 1.95 bits per heavy atom. The minimum Gasteiger partial charge on any atom is -0.394 e. The molecule has 0 rings (SSSR count). The standard InChI is InChI=1S/C10H19NO9/c1-3(13)5(11)9(18)20-10(19)8(17)7(16)6(15)4(14)2-12/h3-8,12-17H,2,11H2,1H3/t3-,4-,5+,6-,7+,8-/m1/s1. The molecule has 0 saturated carbocycles. The molecule has 0 aliphatic carbocycles. The zero-order chi connectivity index (χ0) is 16.0. The van der Waals surface area contributed by atoms with Crippen LogP contribution in [0.3, 0.4) is 0 Å². The lowest BCUT2D eigenvalue weighted by atomic mass is 10.0. The van der Waals surface area contributed by atoms with Crippen molar-refractivity contribution in [3.63, 3.8) is 0 Å². The summed E-state index contributed by atoms with van der Waals surface area (Å²) in [5.74, 6) is -2.96. The second-order valence-corrected chi connectivity index (χ2v) is 4.18. The van der Waals surface area contributed by atoms with Gasteiger partial charge in [0.2, 0.25) is 0 Å². The van der Waals surface area contributed by atoms with Gasteiger partial charge in [-0.05, 0) is 6.92 Å². The Balaban J connectivity index is 4.59. The van der Waals surface area contributed by atoms with Gasteiger partial charge in [0.1, 0.15) is 24.4 Å². The smallest absolute Gasteiger partial charge is 0.345 e. The van der Waals surface area contributed by atoms with Gasteiger partial charge in [-0.1, -0.05) is 0 Å². The third kappa shape index (κ3) is 5.09. The number of nitrogens with two attached hydrogens (primary N) is 1. The second kappa shape index (κ2) is 8.21. The number of ether oxygens (including phenoxy) is 1. The summed E-state index contributed by atoms with van der Waals surface area (Å²) in [6.07, 6.45) is -9.69. The highest BCUT2D eigenvalue weighted by molar-refractivity contribution is 5.90. The Morgan fingerprint density at radius 1 is 1.05 bits per heavy atom. The van der Waals surface area contributed by atoms with Crippen LogP contribution in [0.5, 0.6) is 0 Å². The minimum absolute atomic E-state index is 0.925. The number of hydrogen-bond donors (Lipinski definition) is 7. The second-order valence-electron chi connectivity index (χ2n) is 4.18. The van der Waals surface area contributed by atoms with Crippen LogP contribution in [-0.2, 0) is 14.3 Å². The Hall–Kier alpha value is -1.14. The Morgan fingerprint density at radius 2 is 1.55 bits per heavy atom. The number of rotatable bonds is 7. The highest BCUT2D eigenvalue weighted by atomic mass is 16.6. The molecule has 0 amide bonds. The molecule has 0 aliphatic rings. The SMILES string of the molecule is C[C@@H](O)[C@H](N)C(=O)OC(=O)[C@H](O)[C@@H](O)[C@H](O)[C@H](O)CO. The van der Waals surface area contributed by atoms with Gasteiger partial charge in [0.05, 0.1) is 12.7 Å².